The Hall–Kier alpha value is -4.34. The maximum Gasteiger partial charge on any atom is 0.187 e. The van der Waals surface area contributed by atoms with Gasteiger partial charge in [0, 0.05) is 16.5 Å². The molecule has 33 heavy (non-hydrogen) atoms. The largest absolute Gasteiger partial charge is 0.309 e. The molecule has 3 nitrogen and oxygen atoms in total. The van der Waals surface area contributed by atoms with E-state index in [1.165, 1.54) is 11.1 Å². The van der Waals surface area contributed by atoms with Crippen LogP contribution in [0.4, 0.5) is 5.69 Å². The van der Waals surface area contributed by atoms with Crippen LogP contribution in [0.1, 0.15) is 31.9 Å². The number of aromatic nitrogens is 1. The van der Waals surface area contributed by atoms with Gasteiger partial charge in [-0.3, -0.25) is 0 Å². The third-order valence-electron chi connectivity index (χ3n) is 6.22. The van der Waals surface area contributed by atoms with Crippen molar-refractivity contribution in [3.05, 3.63) is 107 Å². The van der Waals surface area contributed by atoms with Crippen molar-refractivity contribution in [1.29, 1.82) is 5.26 Å². The molecule has 0 unspecified atom stereocenters. The van der Waals surface area contributed by atoms with Crippen molar-refractivity contribution in [1.82, 2.24) is 4.57 Å². The lowest BCUT2D eigenvalue weighted by Crippen LogP contribution is -2.10. The van der Waals surface area contributed by atoms with Crippen LogP contribution in [0.5, 0.6) is 0 Å². The average molecular weight is 426 g/mol. The van der Waals surface area contributed by atoms with E-state index in [1.807, 2.05) is 42.5 Å². The van der Waals surface area contributed by atoms with E-state index < -0.39 is 0 Å². The van der Waals surface area contributed by atoms with Gasteiger partial charge in [0.2, 0.25) is 0 Å². The Morgan fingerprint density at radius 2 is 1.36 bits per heavy atom. The molecule has 0 fully saturated rings. The molecule has 1 heterocycles. The normalized spacial score (nSPS) is 11.4. The molecular weight excluding hydrogens is 402 g/mol. The van der Waals surface area contributed by atoms with Crippen LogP contribution in [0.3, 0.4) is 0 Å². The molecule has 4 aromatic carbocycles. The zero-order valence-electron chi connectivity index (χ0n) is 18.9. The molecule has 0 spiro atoms. The maximum atomic E-state index is 9.49. The van der Waals surface area contributed by atoms with Crippen molar-refractivity contribution >= 4 is 27.5 Å². The molecule has 0 bridgehead atoms. The van der Waals surface area contributed by atoms with Crippen LogP contribution in [-0.4, -0.2) is 4.57 Å². The van der Waals surface area contributed by atoms with Crippen LogP contribution in [0.25, 0.3) is 43.5 Å². The van der Waals surface area contributed by atoms with Crippen molar-refractivity contribution < 1.29 is 0 Å². The monoisotopic (exact) mass is 425 g/mol. The van der Waals surface area contributed by atoms with Crippen molar-refractivity contribution in [2.75, 3.05) is 0 Å². The Balaban J connectivity index is 1.74. The predicted molar refractivity (Wildman–Crippen MR) is 136 cm³/mol. The highest BCUT2D eigenvalue weighted by atomic mass is 15.0. The highest BCUT2D eigenvalue weighted by molar-refractivity contribution is 6.10. The van der Waals surface area contributed by atoms with Gasteiger partial charge in [-0.2, -0.15) is 5.26 Å². The highest BCUT2D eigenvalue weighted by Crippen LogP contribution is 2.36. The standard InChI is InChI=1S/C30H23N3/c1-30(2,3)23-9-6-21(7-10-23)22-8-16-29-27(18-22)26-17-20(19-31)5-15-28(26)33(29)25-13-11-24(32-4)12-14-25/h5-18H,1-3H3. The number of rotatable bonds is 2. The van der Waals surface area contributed by atoms with Crippen LogP contribution in [0.2, 0.25) is 0 Å². The summed E-state index contributed by atoms with van der Waals surface area (Å²) in [6.45, 7) is 13.9. The predicted octanol–water partition coefficient (Wildman–Crippen LogP) is 8.17. The maximum absolute atomic E-state index is 9.49. The third kappa shape index (κ3) is 3.55. The summed E-state index contributed by atoms with van der Waals surface area (Å²) >= 11 is 0. The third-order valence-corrected chi connectivity index (χ3v) is 6.22. The van der Waals surface area contributed by atoms with Crippen LogP contribution in [-0.2, 0) is 5.41 Å². The quantitative estimate of drug-likeness (QED) is 0.263. The van der Waals surface area contributed by atoms with Gasteiger partial charge in [0.05, 0.1) is 29.2 Å². The molecule has 0 N–H and O–H groups in total. The summed E-state index contributed by atoms with van der Waals surface area (Å²) in [7, 11) is 0. The minimum atomic E-state index is 0.117. The van der Waals surface area contributed by atoms with Gasteiger partial charge in [0.25, 0.3) is 0 Å². The Kier molecular flexibility index (Phi) is 4.77. The molecule has 0 aliphatic rings. The van der Waals surface area contributed by atoms with E-state index in [2.05, 4.69) is 78.7 Å². The number of fused-ring (bicyclic) bond motifs is 3. The molecule has 3 heteroatoms. The van der Waals surface area contributed by atoms with Crippen LogP contribution in [0.15, 0.2) is 84.9 Å². The second kappa shape index (κ2) is 7.66. The number of hydrogen-bond donors (Lipinski definition) is 0. The topological polar surface area (TPSA) is 33.1 Å². The Bertz CT molecular complexity index is 1580. The van der Waals surface area contributed by atoms with E-state index in [0.717, 1.165) is 33.1 Å². The molecule has 158 valence electrons. The van der Waals surface area contributed by atoms with E-state index in [9.17, 15) is 5.26 Å². The first-order chi connectivity index (χ1) is 15.9. The molecule has 0 atom stereocenters. The van der Waals surface area contributed by atoms with Gasteiger partial charge in [-0.25, -0.2) is 4.85 Å². The van der Waals surface area contributed by atoms with Gasteiger partial charge in [-0.05, 0) is 64.6 Å². The summed E-state index contributed by atoms with van der Waals surface area (Å²) in [5.74, 6) is 0. The minimum Gasteiger partial charge on any atom is -0.309 e. The lowest BCUT2D eigenvalue weighted by atomic mass is 9.86. The smallest absolute Gasteiger partial charge is 0.187 e. The Morgan fingerprint density at radius 1 is 0.758 bits per heavy atom. The number of nitrogens with zero attached hydrogens (tertiary/aromatic N) is 3. The van der Waals surface area contributed by atoms with Crippen molar-refractivity contribution in [2.45, 2.75) is 26.2 Å². The first kappa shape index (κ1) is 20.6. The molecule has 0 amide bonds. The fraction of sp³-hybridized carbons (Fsp3) is 0.133. The summed E-state index contributed by atoms with van der Waals surface area (Å²) < 4.78 is 2.20. The van der Waals surface area contributed by atoms with Gasteiger partial charge >= 0.3 is 0 Å². The van der Waals surface area contributed by atoms with E-state index >= 15 is 0 Å². The fourth-order valence-electron chi connectivity index (χ4n) is 4.39. The van der Waals surface area contributed by atoms with Gasteiger partial charge in [0.1, 0.15) is 0 Å². The number of benzene rings is 4. The molecule has 0 aliphatic heterocycles. The average Bonchev–Trinajstić information content (AvgIpc) is 3.16. The van der Waals surface area contributed by atoms with Crippen molar-refractivity contribution in [3.63, 3.8) is 0 Å². The molecular formula is C30H23N3. The number of hydrogen-bond acceptors (Lipinski definition) is 1. The molecule has 0 saturated heterocycles. The van der Waals surface area contributed by atoms with Gasteiger partial charge < -0.3 is 4.57 Å². The van der Waals surface area contributed by atoms with Gasteiger partial charge in [-0.15, -0.1) is 0 Å². The van der Waals surface area contributed by atoms with Crippen molar-refractivity contribution in [3.8, 4) is 22.9 Å². The zero-order chi connectivity index (χ0) is 23.2. The van der Waals surface area contributed by atoms with E-state index in [0.29, 0.717) is 11.3 Å². The molecule has 5 aromatic rings. The zero-order valence-corrected chi connectivity index (χ0v) is 18.9. The summed E-state index contributed by atoms with van der Waals surface area (Å²) in [6, 6.07) is 31.0. The first-order valence-corrected chi connectivity index (χ1v) is 11.0. The van der Waals surface area contributed by atoms with Crippen LogP contribution in [0, 0.1) is 17.9 Å². The lowest BCUT2D eigenvalue weighted by molar-refractivity contribution is 0.590. The first-order valence-electron chi connectivity index (χ1n) is 11.0. The minimum absolute atomic E-state index is 0.117. The van der Waals surface area contributed by atoms with E-state index in [4.69, 9.17) is 6.57 Å². The Morgan fingerprint density at radius 3 is 1.97 bits per heavy atom. The molecule has 1 aromatic heterocycles. The van der Waals surface area contributed by atoms with Gasteiger partial charge in [-0.1, -0.05) is 63.2 Å². The van der Waals surface area contributed by atoms with E-state index in [-0.39, 0.29) is 5.41 Å². The molecule has 0 radical (unpaired) electrons. The highest BCUT2D eigenvalue weighted by Gasteiger charge is 2.16. The molecule has 0 saturated carbocycles. The summed E-state index contributed by atoms with van der Waals surface area (Å²) in [5.41, 5.74) is 8.12. The summed E-state index contributed by atoms with van der Waals surface area (Å²) in [5, 5.41) is 11.6. The lowest BCUT2D eigenvalue weighted by Gasteiger charge is -2.19. The second-order valence-electron chi connectivity index (χ2n) is 9.37. The van der Waals surface area contributed by atoms with Crippen LogP contribution >= 0.6 is 0 Å². The van der Waals surface area contributed by atoms with Crippen molar-refractivity contribution in [2.24, 2.45) is 0 Å². The molecule has 0 aliphatic carbocycles. The SMILES string of the molecule is [C-]#[N+]c1ccc(-n2c3ccc(C#N)cc3c3cc(-c4ccc(C(C)(C)C)cc4)ccc32)cc1. The van der Waals surface area contributed by atoms with E-state index in [1.54, 1.807) is 0 Å². The fourth-order valence-corrected chi connectivity index (χ4v) is 4.39. The Labute approximate surface area is 194 Å². The summed E-state index contributed by atoms with van der Waals surface area (Å²) in [4.78, 5) is 3.51. The summed E-state index contributed by atoms with van der Waals surface area (Å²) in [6.07, 6.45) is 0. The molecule has 5 rings (SSSR count). The second-order valence-corrected chi connectivity index (χ2v) is 9.37. The van der Waals surface area contributed by atoms with Crippen LogP contribution < -0.4 is 0 Å². The number of nitriles is 1. The van der Waals surface area contributed by atoms with Gasteiger partial charge in [0.15, 0.2) is 5.69 Å².